The highest BCUT2D eigenvalue weighted by Gasteiger charge is 2.20. The molecular formula is C25H33N7O3. The van der Waals surface area contributed by atoms with Crippen molar-refractivity contribution in [1.29, 1.82) is 0 Å². The van der Waals surface area contributed by atoms with E-state index in [1.54, 1.807) is 10.7 Å². The van der Waals surface area contributed by atoms with Gasteiger partial charge in [-0.3, -0.25) is 4.79 Å². The molecule has 3 aromatic rings. The van der Waals surface area contributed by atoms with Crippen molar-refractivity contribution in [2.75, 3.05) is 54.9 Å². The predicted octanol–water partition coefficient (Wildman–Crippen LogP) is 2.77. The molecule has 2 saturated heterocycles. The first-order chi connectivity index (χ1) is 17.1. The maximum absolute atomic E-state index is 13.3. The number of carbonyl (C=O) groups excluding carboxylic acids is 1. The quantitative estimate of drug-likeness (QED) is 0.475. The van der Waals surface area contributed by atoms with Gasteiger partial charge in [-0.1, -0.05) is 0 Å². The first-order valence-electron chi connectivity index (χ1n) is 12.3. The molecule has 0 saturated carbocycles. The lowest BCUT2D eigenvalue weighted by Gasteiger charge is -2.29. The largest absolute Gasteiger partial charge is 0.489 e. The highest BCUT2D eigenvalue weighted by Crippen LogP contribution is 2.32. The van der Waals surface area contributed by atoms with Crippen LogP contribution in [0.25, 0.3) is 5.65 Å². The van der Waals surface area contributed by atoms with E-state index in [0.717, 1.165) is 50.5 Å². The monoisotopic (exact) mass is 479 g/mol. The SMILES string of the molecule is CC(C)Oc1cc(N2CCOCC2)ccc1NC(=O)c1cnn2ccc(N[C@@H]3CCCNC3)nc12. The predicted molar refractivity (Wildman–Crippen MR) is 136 cm³/mol. The molecule has 0 spiro atoms. The number of benzene rings is 1. The van der Waals surface area contributed by atoms with Gasteiger partial charge >= 0.3 is 0 Å². The van der Waals surface area contributed by atoms with Gasteiger partial charge in [0.1, 0.15) is 17.1 Å². The second-order valence-corrected chi connectivity index (χ2v) is 9.23. The summed E-state index contributed by atoms with van der Waals surface area (Å²) in [5.41, 5.74) is 2.57. The molecule has 0 unspecified atom stereocenters. The number of rotatable bonds is 7. The molecule has 1 atom stereocenters. The third-order valence-electron chi connectivity index (χ3n) is 6.21. The Morgan fingerprint density at radius 1 is 1.26 bits per heavy atom. The molecule has 4 heterocycles. The zero-order valence-electron chi connectivity index (χ0n) is 20.3. The molecule has 0 bridgehead atoms. The molecule has 2 fully saturated rings. The van der Waals surface area contributed by atoms with Gasteiger partial charge in [0.2, 0.25) is 0 Å². The summed E-state index contributed by atoms with van der Waals surface area (Å²) in [5, 5.41) is 14.2. The number of aromatic nitrogens is 3. The van der Waals surface area contributed by atoms with Gasteiger partial charge < -0.3 is 30.3 Å². The van der Waals surface area contributed by atoms with Gasteiger partial charge in [0.25, 0.3) is 5.91 Å². The third kappa shape index (κ3) is 5.49. The number of fused-ring (bicyclic) bond motifs is 1. The van der Waals surface area contributed by atoms with Crippen LogP contribution < -0.4 is 25.6 Å². The second kappa shape index (κ2) is 10.5. The van der Waals surface area contributed by atoms with Gasteiger partial charge in [-0.05, 0) is 51.4 Å². The third-order valence-corrected chi connectivity index (χ3v) is 6.21. The average molecular weight is 480 g/mol. The fraction of sp³-hybridized carbons (Fsp3) is 0.480. The summed E-state index contributed by atoms with van der Waals surface area (Å²) in [6, 6.07) is 8.08. The Morgan fingerprint density at radius 2 is 2.11 bits per heavy atom. The van der Waals surface area contributed by atoms with E-state index in [1.807, 2.05) is 44.3 Å². The molecule has 0 aliphatic carbocycles. The van der Waals surface area contributed by atoms with Gasteiger partial charge in [0, 0.05) is 43.6 Å². The lowest BCUT2D eigenvalue weighted by Crippen LogP contribution is -2.38. The van der Waals surface area contributed by atoms with Crippen molar-refractivity contribution in [3.63, 3.8) is 0 Å². The summed E-state index contributed by atoms with van der Waals surface area (Å²) in [6.07, 6.45) is 5.56. The minimum absolute atomic E-state index is 0.0351. The first kappa shape index (κ1) is 23.4. The van der Waals surface area contributed by atoms with E-state index < -0.39 is 0 Å². The number of nitrogens with one attached hydrogen (secondary N) is 3. The number of morpholine rings is 1. The molecular weight excluding hydrogens is 446 g/mol. The average Bonchev–Trinajstić information content (AvgIpc) is 3.29. The number of hydrogen-bond donors (Lipinski definition) is 3. The Labute approximate surface area is 205 Å². The van der Waals surface area contributed by atoms with E-state index in [9.17, 15) is 4.79 Å². The van der Waals surface area contributed by atoms with Crippen LogP contribution in [0, 0.1) is 0 Å². The molecule has 3 N–H and O–H groups in total. The van der Waals surface area contributed by atoms with Gasteiger partial charge in [-0.15, -0.1) is 0 Å². The highest BCUT2D eigenvalue weighted by atomic mass is 16.5. The van der Waals surface area contributed by atoms with Gasteiger partial charge in [-0.25, -0.2) is 9.50 Å². The van der Waals surface area contributed by atoms with Crippen LogP contribution in [0.2, 0.25) is 0 Å². The molecule has 5 rings (SSSR count). The number of amides is 1. The second-order valence-electron chi connectivity index (χ2n) is 9.23. The fourth-order valence-corrected chi connectivity index (χ4v) is 4.47. The smallest absolute Gasteiger partial charge is 0.261 e. The van der Waals surface area contributed by atoms with E-state index in [1.165, 1.54) is 0 Å². The van der Waals surface area contributed by atoms with Crippen LogP contribution in [0.3, 0.4) is 0 Å². The zero-order valence-corrected chi connectivity index (χ0v) is 20.3. The van der Waals surface area contributed by atoms with E-state index in [2.05, 4.69) is 30.9 Å². The summed E-state index contributed by atoms with van der Waals surface area (Å²) < 4.78 is 13.1. The van der Waals surface area contributed by atoms with E-state index in [4.69, 9.17) is 9.47 Å². The van der Waals surface area contributed by atoms with Crippen molar-refractivity contribution in [1.82, 2.24) is 19.9 Å². The maximum Gasteiger partial charge on any atom is 0.261 e. The number of nitrogens with zero attached hydrogens (tertiary/aromatic N) is 4. The lowest BCUT2D eigenvalue weighted by atomic mass is 10.1. The van der Waals surface area contributed by atoms with Gasteiger partial charge in [0.15, 0.2) is 5.65 Å². The van der Waals surface area contributed by atoms with Crippen LogP contribution >= 0.6 is 0 Å². The molecule has 186 valence electrons. The van der Waals surface area contributed by atoms with Crippen LogP contribution in [0.15, 0.2) is 36.7 Å². The zero-order chi connectivity index (χ0) is 24.2. The van der Waals surface area contributed by atoms with Crippen LogP contribution in [0.5, 0.6) is 5.75 Å². The number of hydrogen-bond acceptors (Lipinski definition) is 8. The van der Waals surface area contributed by atoms with Crippen LogP contribution in [0.1, 0.15) is 37.0 Å². The van der Waals surface area contributed by atoms with Crippen molar-refractivity contribution >= 4 is 28.7 Å². The number of ether oxygens (including phenoxy) is 2. The molecule has 10 nitrogen and oxygen atoms in total. The highest BCUT2D eigenvalue weighted by molar-refractivity contribution is 6.08. The number of anilines is 3. The molecule has 1 amide bonds. The molecule has 2 aliphatic heterocycles. The molecule has 35 heavy (non-hydrogen) atoms. The molecule has 1 aromatic carbocycles. The number of piperidine rings is 1. The van der Waals surface area contributed by atoms with E-state index in [-0.39, 0.29) is 12.0 Å². The lowest BCUT2D eigenvalue weighted by molar-refractivity contribution is 0.102. The fourth-order valence-electron chi connectivity index (χ4n) is 4.47. The summed E-state index contributed by atoms with van der Waals surface area (Å²) in [4.78, 5) is 20.2. The standard InChI is InChI=1S/C25H33N7O3/c1-17(2)35-22-14-19(31-10-12-34-13-11-31)5-6-21(22)29-25(33)20-16-27-32-9-7-23(30-24(20)32)28-18-4-3-8-26-15-18/h5-7,9,14,16-18,26H,3-4,8,10-13,15H2,1-2H3,(H,28,30)(H,29,33)/t18-/m1/s1. The summed E-state index contributed by atoms with van der Waals surface area (Å²) in [6.45, 7) is 8.95. The van der Waals surface area contributed by atoms with Crippen LogP contribution in [0.4, 0.5) is 17.2 Å². The topological polar surface area (TPSA) is 105 Å². The summed E-state index contributed by atoms with van der Waals surface area (Å²) in [7, 11) is 0. The van der Waals surface area contributed by atoms with Crippen molar-refractivity contribution in [3.8, 4) is 5.75 Å². The Bertz CT molecular complexity index is 1170. The van der Waals surface area contributed by atoms with Crippen LogP contribution in [-0.4, -0.2) is 72.0 Å². The maximum atomic E-state index is 13.3. The molecule has 10 heteroatoms. The van der Waals surface area contributed by atoms with Crippen molar-refractivity contribution < 1.29 is 14.3 Å². The first-order valence-corrected chi connectivity index (χ1v) is 12.3. The van der Waals surface area contributed by atoms with Gasteiger partial charge in [0.05, 0.1) is 31.2 Å². The Morgan fingerprint density at radius 3 is 2.89 bits per heavy atom. The summed E-state index contributed by atoms with van der Waals surface area (Å²) >= 11 is 0. The van der Waals surface area contributed by atoms with Crippen molar-refractivity contribution in [3.05, 3.63) is 42.2 Å². The molecule has 2 aliphatic rings. The van der Waals surface area contributed by atoms with E-state index >= 15 is 0 Å². The minimum atomic E-state index is -0.281. The van der Waals surface area contributed by atoms with Gasteiger partial charge in [-0.2, -0.15) is 5.10 Å². The van der Waals surface area contributed by atoms with Crippen molar-refractivity contribution in [2.24, 2.45) is 0 Å². The summed E-state index contributed by atoms with van der Waals surface area (Å²) in [5.74, 6) is 1.09. The normalized spacial score (nSPS) is 18.6. The van der Waals surface area contributed by atoms with E-state index in [0.29, 0.717) is 41.9 Å². The Balaban J connectivity index is 1.37. The molecule has 2 aromatic heterocycles. The molecule has 0 radical (unpaired) electrons. The van der Waals surface area contributed by atoms with Crippen LogP contribution in [-0.2, 0) is 4.74 Å². The minimum Gasteiger partial charge on any atom is -0.489 e. The Kier molecular flexibility index (Phi) is 7.01. The number of carbonyl (C=O) groups is 1. The van der Waals surface area contributed by atoms with Crippen molar-refractivity contribution in [2.45, 2.75) is 38.8 Å². The Hall–Kier alpha value is -3.37.